The van der Waals surface area contributed by atoms with E-state index in [1.54, 1.807) is 65.9 Å². The van der Waals surface area contributed by atoms with E-state index < -0.39 is 0 Å². The number of thiophene rings is 13. The molecule has 0 atom stereocenters. The molecule has 0 aliphatic carbocycles. The van der Waals surface area contributed by atoms with Crippen LogP contribution in [0.2, 0.25) is 0 Å². The SMILES string of the molecule is CCCCCCCCCCCCc1c2cc(-c3sc(C)c4sc(C(C)=O)cc34)sc2c(CCCCCCCCCCCC)c2cc(-c3ccc([B]c4sc(-c5cc6c(C)c7sc(Cc8sc(-c9cc%10c(CCC)c%11sc(C)cc%11c(CCC)c%10s9)c9cc(C(C)=O)sc89)cc7c(C)c6s5)c5cc(C(C)=O)sc45)s3)sc12. The molecule has 16 rings (SSSR count). The zero-order valence-electron chi connectivity index (χ0n) is 65.6. The lowest BCUT2D eigenvalue weighted by atomic mass is 9.75. The molecule has 0 saturated carbocycles. The molecule has 0 amide bonds. The highest BCUT2D eigenvalue weighted by Gasteiger charge is 2.29. The van der Waals surface area contributed by atoms with Crippen molar-refractivity contribution in [1.82, 2.24) is 0 Å². The maximum absolute atomic E-state index is 13.4. The molecule has 1 radical (unpaired) electrons. The fourth-order valence-corrected chi connectivity index (χ4v) is 33.1. The Bertz CT molecular complexity index is 5920. The molecule has 569 valence electrons. The second-order valence-corrected chi connectivity index (χ2v) is 45.1. The van der Waals surface area contributed by atoms with E-state index >= 15 is 0 Å². The fraction of sp³-hybridized carbons (Fsp3) is 0.409. The number of unbranched alkanes of at least 4 members (excludes halogenated alkanes) is 18. The molecule has 0 N–H and O–H groups in total. The van der Waals surface area contributed by atoms with E-state index in [1.807, 2.05) is 113 Å². The van der Waals surface area contributed by atoms with E-state index in [-0.39, 0.29) is 17.3 Å². The number of rotatable bonds is 37. The molecule has 0 saturated heterocycles. The summed E-state index contributed by atoms with van der Waals surface area (Å²) >= 11 is 24.5. The maximum atomic E-state index is 13.4. The normalized spacial score (nSPS) is 12.3. The molecular weight excluding hydrogens is 1590 g/mol. The second kappa shape index (κ2) is 34.5. The van der Waals surface area contributed by atoms with Crippen LogP contribution < -0.4 is 9.55 Å². The molecule has 110 heavy (non-hydrogen) atoms. The Morgan fingerprint density at radius 3 is 1.25 bits per heavy atom. The number of benzene rings is 3. The summed E-state index contributed by atoms with van der Waals surface area (Å²) in [6.07, 6.45) is 33.9. The Morgan fingerprint density at radius 1 is 0.309 bits per heavy atom. The van der Waals surface area contributed by atoms with Crippen molar-refractivity contribution in [3.05, 3.63) is 134 Å². The van der Waals surface area contributed by atoms with Crippen LogP contribution in [-0.2, 0) is 32.1 Å². The molecule has 17 heteroatoms. The van der Waals surface area contributed by atoms with Crippen molar-refractivity contribution in [2.75, 3.05) is 0 Å². The van der Waals surface area contributed by atoms with Gasteiger partial charge in [-0.3, -0.25) is 14.4 Å². The summed E-state index contributed by atoms with van der Waals surface area (Å²) in [5, 5.41) is 12.1. The van der Waals surface area contributed by atoms with Crippen molar-refractivity contribution in [3.63, 3.8) is 0 Å². The summed E-state index contributed by atoms with van der Waals surface area (Å²) in [4.78, 5) is 57.8. The monoisotopic (exact) mass is 1690 g/mol. The number of hydrogen-bond acceptors (Lipinski definition) is 16. The average molecular weight is 1690 g/mol. The van der Waals surface area contributed by atoms with Gasteiger partial charge in [-0.25, -0.2) is 0 Å². The Morgan fingerprint density at radius 2 is 0.718 bits per heavy atom. The molecule has 0 aliphatic rings. The number of fused-ring (bicyclic) bond motifs is 9. The maximum Gasteiger partial charge on any atom is 0.221 e. The summed E-state index contributed by atoms with van der Waals surface area (Å²) in [5.41, 5.74) is 8.77. The van der Waals surface area contributed by atoms with E-state index in [9.17, 15) is 14.4 Å². The van der Waals surface area contributed by atoms with Crippen LogP contribution in [0.25, 0.3) is 130 Å². The molecule has 3 nitrogen and oxygen atoms in total. The lowest BCUT2D eigenvalue weighted by Crippen LogP contribution is -2.21. The minimum atomic E-state index is 0.117. The lowest BCUT2D eigenvalue weighted by Gasteiger charge is -2.12. The first kappa shape index (κ1) is 79.0. The third-order valence-corrected chi connectivity index (χ3v) is 39.4. The van der Waals surface area contributed by atoms with Gasteiger partial charge in [0.1, 0.15) is 0 Å². The highest BCUT2D eigenvalue weighted by atomic mass is 32.1. The smallest absolute Gasteiger partial charge is 0.221 e. The van der Waals surface area contributed by atoms with Crippen LogP contribution in [0.3, 0.4) is 0 Å². The van der Waals surface area contributed by atoms with Crippen LogP contribution in [0, 0.1) is 27.7 Å². The van der Waals surface area contributed by atoms with E-state index in [1.165, 1.54) is 310 Å². The fourth-order valence-electron chi connectivity index (χ4n) is 16.9. The Kier molecular flexibility index (Phi) is 24.8. The van der Waals surface area contributed by atoms with Crippen LogP contribution in [0.4, 0.5) is 0 Å². The van der Waals surface area contributed by atoms with Gasteiger partial charge in [-0.15, -0.1) is 147 Å². The first-order valence-corrected chi connectivity index (χ1v) is 51.2. The van der Waals surface area contributed by atoms with E-state index in [2.05, 4.69) is 129 Å². The standard InChI is InChI=1S/C93H98BO3S13/c1-12-16-18-20-22-24-26-28-30-32-36-60-65-44-75(105-86(65)61(37-33-31-29-27-25-23-21-19-17-13-2)67-46-78(107-87(60)67)88-68-47-72(53(8)95)102-83(68)56(11)99-88)71-38-39-80(101-71)94-93-92-70(49-74(104-92)55(10)97)91(110-93)77-43-63-52(7)81-62(51(6)82(63)106-77)41-57(100-81)42-76-89-69(48-73(103-89)54(9)96)90(109-76)79-45-66-59(35-15-4)84-64(40-50(5)98-84)58(34-14-3)85(66)108-79/h38-41,43-49H,12-37,42H2,1-11H3. The zero-order chi connectivity index (χ0) is 76.2. The van der Waals surface area contributed by atoms with Gasteiger partial charge in [0.25, 0.3) is 0 Å². The first-order chi connectivity index (χ1) is 53.5. The topological polar surface area (TPSA) is 51.2 Å². The van der Waals surface area contributed by atoms with E-state index in [0.29, 0.717) is 0 Å². The van der Waals surface area contributed by atoms with Gasteiger partial charge in [0.15, 0.2) is 17.3 Å². The van der Waals surface area contributed by atoms with Crippen molar-refractivity contribution in [3.8, 4) is 39.0 Å². The van der Waals surface area contributed by atoms with Crippen molar-refractivity contribution < 1.29 is 14.4 Å². The van der Waals surface area contributed by atoms with Gasteiger partial charge in [-0.05, 0) is 223 Å². The predicted octanol–water partition coefficient (Wildman–Crippen LogP) is 33.5. The summed E-state index contributed by atoms with van der Waals surface area (Å²) in [7, 11) is 2.42. The molecule has 0 bridgehead atoms. The molecule has 0 aliphatic heterocycles. The number of carbonyl (C=O) groups excluding carboxylic acids is 3. The molecule has 0 fully saturated rings. The first-order valence-electron chi connectivity index (χ1n) is 40.6. The zero-order valence-corrected chi connectivity index (χ0v) is 76.2. The highest BCUT2D eigenvalue weighted by Crippen LogP contribution is 2.55. The van der Waals surface area contributed by atoms with Crippen molar-refractivity contribution in [2.24, 2.45) is 0 Å². The van der Waals surface area contributed by atoms with Crippen LogP contribution >= 0.6 is 147 Å². The number of Topliss-reactive ketones (excluding diaryl/α,β-unsaturated/α-hetero) is 3. The van der Waals surface area contributed by atoms with Gasteiger partial charge >= 0.3 is 0 Å². The van der Waals surface area contributed by atoms with Gasteiger partial charge < -0.3 is 0 Å². The predicted molar refractivity (Wildman–Crippen MR) is 507 cm³/mol. The Balaban J connectivity index is 0.708. The highest BCUT2D eigenvalue weighted by molar-refractivity contribution is 7.39. The van der Waals surface area contributed by atoms with Crippen molar-refractivity contribution >= 4 is 272 Å². The largest absolute Gasteiger partial charge is 0.294 e. The average Bonchev–Trinajstić information content (AvgIpc) is 1.58. The summed E-state index contributed by atoms with van der Waals surface area (Å²) in [6.45, 7) is 23.6. The van der Waals surface area contributed by atoms with Crippen LogP contribution in [-0.4, -0.2) is 24.6 Å². The minimum absolute atomic E-state index is 0.117. The molecular formula is C93H98BO3S13. The minimum Gasteiger partial charge on any atom is -0.294 e. The third kappa shape index (κ3) is 15.7. The molecule has 0 unspecified atom stereocenters. The lowest BCUT2D eigenvalue weighted by molar-refractivity contribution is 0.101. The van der Waals surface area contributed by atoms with Crippen LogP contribution in [0.15, 0.2) is 66.7 Å². The Hall–Kier alpha value is -4.83. The van der Waals surface area contributed by atoms with Crippen LogP contribution in [0.5, 0.6) is 0 Å². The number of carbonyl (C=O) groups is 3. The van der Waals surface area contributed by atoms with Gasteiger partial charge in [-0.2, -0.15) is 0 Å². The molecule has 13 aromatic heterocycles. The van der Waals surface area contributed by atoms with Gasteiger partial charge in [0, 0.05) is 109 Å². The van der Waals surface area contributed by atoms with Crippen molar-refractivity contribution in [2.45, 2.75) is 250 Å². The van der Waals surface area contributed by atoms with Crippen molar-refractivity contribution in [1.29, 1.82) is 0 Å². The number of ketones is 3. The number of hydrogen-bond donors (Lipinski definition) is 0. The molecule has 16 aromatic rings. The number of aryl methyl sites for hydroxylation is 8. The Labute approximate surface area is 702 Å². The van der Waals surface area contributed by atoms with E-state index in [4.69, 9.17) is 0 Å². The van der Waals surface area contributed by atoms with Gasteiger partial charge in [0.2, 0.25) is 7.28 Å². The quantitative estimate of drug-likeness (QED) is 0.0221. The molecule has 13 heterocycles. The summed E-state index contributed by atoms with van der Waals surface area (Å²) in [5.74, 6) is 0.408. The second-order valence-electron chi connectivity index (χ2n) is 30.9. The van der Waals surface area contributed by atoms with Crippen LogP contribution in [0.1, 0.15) is 272 Å². The molecule has 0 spiro atoms. The molecule has 3 aromatic carbocycles. The van der Waals surface area contributed by atoms with Gasteiger partial charge in [-0.1, -0.05) is 162 Å². The van der Waals surface area contributed by atoms with E-state index in [0.717, 1.165) is 59.6 Å². The summed E-state index contributed by atoms with van der Waals surface area (Å²) < 4.78 is 14.8. The summed E-state index contributed by atoms with van der Waals surface area (Å²) in [6, 6.07) is 26.3. The third-order valence-electron chi connectivity index (χ3n) is 22.6. The van der Waals surface area contributed by atoms with Gasteiger partial charge in [0.05, 0.1) is 29.3 Å².